The second-order valence-electron chi connectivity index (χ2n) is 4.14. The minimum atomic E-state index is -3.55. The first kappa shape index (κ1) is 12.7. The number of aryl methyl sites for hydroxylation is 1. The number of aromatic amines is 1. The van der Waals surface area contributed by atoms with Crippen LogP contribution in [0.15, 0.2) is 9.00 Å². The van der Waals surface area contributed by atoms with E-state index in [0.717, 1.165) is 30.8 Å². The summed E-state index contributed by atoms with van der Waals surface area (Å²) in [6.45, 7) is 3.78. The van der Waals surface area contributed by atoms with E-state index < -0.39 is 10.0 Å². The lowest BCUT2D eigenvalue weighted by Crippen LogP contribution is -2.30. The van der Waals surface area contributed by atoms with Crippen LogP contribution in [0.5, 0.6) is 0 Å². The van der Waals surface area contributed by atoms with E-state index in [-0.39, 0.29) is 9.08 Å². The lowest BCUT2D eigenvalue weighted by molar-refractivity contribution is 0.539. The van der Waals surface area contributed by atoms with Crippen molar-refractivity contribution in [3.8, 4) is 0 Å². The van der Waals surface area contributed by atoms with Gasteiger partial charge in [0, 0.05) is 12.2 Å². The van der Waals surface area contributed by atoms with E-state index in [2.05, 4.69) is 15.0 Å². The van der Waals surface area contributed by atoms with E-state index in [9.17, 15) is 13.2 Å². The zero-order valence-corrected chi connectivity index (χ0v) is 11.1. The van der Waals surface area contributed by atoms with Crippen LogP contribution in [0.2, 0.25) is 0 Å². The average Bonchev–Trinajstić information content (AvgIpc) is 2.85. The van der Waals surface area contributed by atoms with Crippen molar-refractivity contribution in [3.63, 3.8) is 0 Å². The Kier molecular flexibility index (Phi) is 3.67. The quantitative estimate of drug-likeness (QED) is 0.700. The highest BCUT2D eigenvalue weighted by molar-refractivity contribution is 7.91. The van der Waals surface area contributed by atoms with Gasteiger partial charge in [0.15, 0.2) is 4.21 Å². The molecule has 0 saturated carbocycles. The molecule has 1 fully saturated rings. The third-order valence-corrected chi connectivity index (χ3v) is 5.78. The first-order valence-electron chi connectivity index (χ1n) is 5.39. The summed E-state index contributed by atoms with van der Waals surface area (Å²) in [5.74, 6) is 0.334. The number of sulfonamides is 1. The molecule has 1 aromatic rings. The van der Waals surface area contributed by atoms with Crippen LogP contribution in [-0.2, 0) is 10.0 Å². The van der Waals surface area contributed by atoms with Gasteiger partial charge in [-0.05, 0) is 32.4 Å². The van der Waals surface area contributed by atoms with E-state index in [0.29, 0.717) is 18.2 Å². The van der Waals surface area contributed by atoms with Crippen molar-refractivity contribution in [2.75, 3.05) is 19.6 Å². The van der Waals surface area contributed by atoms with Crippen molar-refractivity contribution in [2.24, 2.45) is 5.92 Å². The molecule has 1 aliphatic heterocycles. The predicted molar refractivity (Wildman–Crippen MR) is 65.8 cm³/mol. The smallest absolute Gasteiger partial charge is 0.305 e. The maximum atomic E-state index is 11.9. The Morgan fingerprint density at radius 1 is 1.53 bits per heavy atom. The van der Waals surface area contributed by atoms with Crippen molar-refractivity contribution in [2.45, 2.75) is 17.6 Å². The molecule has 2 heterocycles. The van der Waals surface area contributed by atoms with Gasteiger partial charge >= 0.3 is 4.87 Å². The summed E-state index contributed by atoms with van der Waals surface area (Å²) in [5, 5.41) is 3.18. The largest absolute Gasteiger partial charge is 0.316 e. The summed E-state index contributed by atoms with van der Waals surface area (Å²) in [4.78, 5) is 13.2. The first-order valence-corrected chi connectivity index (χ1v) is 7.69. The molecule has 0 amide bonds. The molecule has 1 aromatic heterocycles. The van der Waals surface area contributed by atoms with Crippen LogP contribution < -0.4 is 14.9 Å². The van der Waals surface area contributed by atoms with Crippen molar-refractivity contribution in [1.29, 1.82) is 0 Å². The van der Waals surface area contributed by atoms with Crippen molar-refractivity contribution >= 4 is 21.4 Å². The van der Waals surface area contributed by atoms with E-state index in [1.165, 1.54) is 0 Å². The number of nitrogens with one attached hydrogen (secondary N) is 3. The maximum absolute atomic E-state index is 11.9. The summed E-state index contributed by atoms with van der Waals surface area (Å²) >= 11 is 0.727. The van der Waals surface area contributed by atoms with Crippen LogP contribution in [0.4, 0.5) is 0 Å². The fourth-order valence-electron chi connectivity index (χ4n) is 1.83. The molecule has 3 N–H and O–H groups in total. The summed E-state index contributed by atoms with van der Waals surface area (Å²) in [6.07, 6.45) is 0.977. The molecule has 17 heavy (non-hydrogen) atoms. The molecule has 0 aromatic carbocycles. The maximum Gasteiger partial charge on any atom is 0.305 e. The molecule has 1 aliphatic rings. The second kappa shape index (κ2) is 4.89. The predicted octanol–water partition coefficient (Wildman–Crippen LogP) is -0.367. The van der Waals surface area contributed by atoms with Crippen LogP contribution in [0, 0.1) is 12.8 Å². The highest BCUT2D eigenvalue weighted by Gasteiger charge is 2.23. The molecule has 96 valence electrons. The lowest BCUT2D eigenvalue weighted by Gasteiger charge is -2.09. The van der Waals surface area contributed by atoms with E-state index in [1.54, 1.807) is 6.92 Å². The first-order chi connectivity index (χ1) is 7.99. The van der Waals surface area contributed by atoms with Gasteiger partial charge in [0.05, 0.1) is 0 Å². The fourth-order valence-corrected chi connectivity index (χ4v) is 4.29. The van der Waals surface area contributed by atoms with Gasteiger partial charge in [0.2, 0.25) is 0 Å². The third kappa shape index (κ3) is 2.95. The van der Waals surface area contributed by atoms with Gasteiger partial charge in [0.1, 0.15) is 0 Å². The minimum Gasteiger partial charge on any atom is -0.316 e. The second-order valence-corrected chi connectivity index (χ2v) is 7.08. The van der Waals surface area contributed by atoms with Gasteiger partial charge in [-0.2, -0.15) is 0 Å². The van der Waals surface area contributed by atoms with Crippen molar-refractivity contribution < 1.29 is 8.42 Å². The Bertz CT molecular complexity index is 540. The zero-order valence-electron chi connectivity index (χ0n) is 9.45. The van der Waals surface area contributed by atoms with Gasteiger partial charge in [0.25, 0.3) is 10.0 Å². The van der Waals surface area contributed by atoms with Crippen LogP contribution in [0.3, 0.4) is 0 Å². The standard InChI is InChI=1S/C9H15N3O3S2/c1-6-8(16-9(13)12-6)17(14,15)11-5-7-2-3-10-4-7/h7,10-11H,2-5H2,1H3,(H,12,13). The fraction of sp³-hybridized carbons (Fsp3) is 0.667. The monoisotopic (exact) mass is 277 g/mol. The van der Waals surface area contributed by atoms with Crippen LogP contribution >= 0.6 is 11.3 Å². The Hall–Kier alpha value is -0.700. The van der Waals surface area contributed by atoms with Crippen molar-refractivity contribution in [1.82, 2.24) is 15.0 Å². The van der Waals surface area contributed by atoms with Gasteiger partial charge < -0.3 is 10.3 Å². The molecule has 1 unspecified atom stereocenters. The minimum absolute atomic E-state index is 0.0912. The van der Waals surface area contributed by atoms with Gasteiger partial charge in [-0.3, -0.25) is 4.79 Å². The molecule has 2 rings (SSSR count). The molecule has 1 saturated heterocycles. The Balaban J connectivity index is 2.08. The molecule has 6 nitrogen and oxygen atoms in total. The molecule has 8 heteroatoms. The molecular weight excluding hydrogens is 262 g/mol. The number of hydrogen-bond donors (Lipinski definition) is 3. The highest BCUT2D eigenvalue weighted by atomic mass is 32.2. The number of thiazole rings is 1. The molecule has 0 radical (unpaired) electrons. The van der Waals surface area contributed by atoms with Crippen LogP contribution in [0.25, 0.3) is 0 Å². The summed E-state index contributed by atoms with van der Waals surface area (Å²) < 4.78 is 26.5. The Morgan fingerprint density at radius 3 is 2.82 bits per heavy atom. The Morgan fingerprint density at radius 2 is 2.29 bits per heavy atom. The van der Waals surface area contributed by atoms with E-state index in [1.807, 2.05) is 0 Å². The molecular formula is C9H15N3O3S2. The molecule has 0 bridgehead atoms. The number of aromatic nitrogens is 1. The summed E-state index contributed by atoms with van der Waals surface area (Å²) in [7, 11) is -3.55. The topological polar surface area (TPSA) is 91.1 Å². The van der Waals surface area contributed by atoms with Crippen LogP contribution in [-0.4, -0.2) is 33.0 Å². The van der Waals surface area contributed by atoms with E-state index >= 15 is 0 Å². The molecule has 1 atom stereocenters. The van der Waals surface area contributed by atoms with Gasteiger partial charge in [-0.1, -0.05) is 11.3 Å². The summed E-state index contributed by atoms with van der Waals surface area (Å²) in [6, 6.07) is 0. The number of hydrogen-bond acceptors (Lipinski definition) is 5. The van der Waals surface area contributed by atoms with Crippen molar-refractivity contribution in [3.05, 3.63) is 15.4 Å². The Labute approximate surface area is 103 Å². The average molecular weight is 277 g/mol. The van der Waals surface area contributed by atoms with E-state index in [4.69, 9.17) is 0 Å². The number of rotatable bonds is 4. The van der Waals surface area contributed by atoms with Gasteiger partial charge in [-0.25, -0.2) is 13.1 Å². The number of H-pyrrole nitrogens is 1. The summed E-state index contributed by atoms with van der Waals surface area (Å²) in [5.41, 5.74) is 0.400. The third-order valence-electron chi connectivity index (χ3n) is 2.75. The molecule has 0 spiro atoms. The highest BCUT2D eigenvalue weighted by Crippen LogP contribution is 2.16. The molecule has 0 aliphatic carbocycles. The lowest BCUT2D eigenvalue weighted by atomic mass is 10.1. The normalized spacial score (nSPS) is 20.9. The zero-order chi connectivity index (χ0) is 12.5. The van der Waals surface area contributed by atoms with Gasteiger partial charge in [-0.15, -0.1) is 0 Å². The SMILES string of the molecule is Cc1[nH]c(=O)sc1S(=O)(=O)NCC1CCNC1. The van der Waals surface area contributed by atoms with Crippen LogP contribution in [0.1, 0.15) is 12.1 Å².